The van der Waals surface area contributed by atoms with Crippen molar-refractivity contribution in [2.75, 3.05) is 33.3 Å². The van der Waals surface area contributed by atoms with Gasteiger partial charge in [-0.2, -0.15) is 0 Å². The van der Waals surface area contributed by atoms with Crippen LogP contribution in [-0.4, -0.2) is 44.8 Å². The number of amides is 1. The molecule has 1 unspecified atom stereocenters. The molecule has 1 aliphatic carbocycles. The third-order valence-corrected chi connectivity index (χ3v) is 7.76. The number of benzene rings is 2. The summed E-state index contributed by atoms with van der Waals surface area (Å²) in [4.78, 5) is 31.2. The minimum absolute atomic E-state index is 0.144. The summed E-state index contributed by atoms with van der Waals surface area (Å²) in [5.41, 5.74) is 3.73. The van der Waals surface area contributed by atoms with E-state index in [-0.39, 0.29) is 5.41 Å². The van der Waals surface area contributed by atoms with Gasteiger partial charge in [-0.15, -0.1) is 0 Å². The zero-order valence-electron chi connectivity index (χ0n) is 23.0. The lowest BCUT2D eigenvalue weighted by Gasteiger charge is -2.37. The van der Waals surface area contributed by atoms with Crippen LogP contribution in [0.2, 0.25) is 0 Å². The summed E-state index contributed by atoms with van der Waals surface area (Å²) < 4.78 is 21.6. The maximum absolute atomic E-state index is 13.5. The summed E-state index contributed by atoms with van der Waals surface area (Å²) in [5, 5.41) is 3.49. The molecule has 0 aliphatic heterocycles. The van der Waals surface area contributed by atoms with Gasteiger partial charge in [-0.25, -0.2) is 4.79 Å². The molecular weight excluding hydrogens is 484 g/mol. The molecule has 8 heteroatoms. The molecule has 0 radical (unpaired) electrons. The minimum atomic E-state index is -0.519. The van der Waals surface area contributed by atoms with E-state index in [2.05, 4.69) is 26.1 Å². The second-order valence-electron chi connectivity index (χ2n) is 10.2. The first kappa shape index (κ1) is 27.2. The van der Waals surface area contributed by atoms with Crippen LogP contribution < -0.4 is 19.5 Å². The van der Waals surface area contributed by atoms with Crippen molar-refractivity contribution in [3.05, 3.63) is 53.2 Å². The molecule has 1 heterocycles. The number of nitrogens with one attached hydrogen (secondary N) is 1. The number of carbonyl (C=O) groups is 2. The third kappa shape index (κ3) is 5.39. The van der Waals surface area contributed by atoms with Crippen molar-refractivity contribution in [2.24, 2.45) is 11.3 Å². The molecule has 0 saturated heterocycles. The molecule has 1 N–H and O–H groups in total. The molecule has 0 fully saturated rings. The number of pyridine rings is 1. The molecular formula is C30H36N2O6. The first-order chi connectivity index (χ1) is 18.2. The van der Waals surface area contributed by atoms with Gasteiger partial charge in [-0.05, 0) is 42.2 Å². The number of fused-ring (bicyclic) bond motifs is 2. The summed E-state index contributed by atoms with van der Waals surface area (Å²) in [5.74, 6) is 0.646. The van der Waals surface area contributed by atoms with E-state index in [0.717, 1.165) is 47.8 Å². The fourth-order valence-electron chi connectivity index (χ4n) is 5.13. The van der Waals surface area contributed by atoms with Crippen molar-refractivity contribution in [1.29, 1.82) is 0 Å². The first-order valence-corrected chi connectivity index (χ1v) is 12.9. The van der Waals surface area contributed by atoms with E-state index < -0.39 is 18.5 Å². The fourth-order valence-corrected chi connectivity index (χ4v) is 5.13. The lowest BCUT2D eigenvalue weighted by Crippen LogP contribution is -2.31. The predicted octanol–water partition coefficient (Wildman–Crippen LogP) is 5.60. The highest BCUT2D eigenvalue weighted by Crippen LogP contribution is 2.42. The second kappa shape index (κ2) is 11.3. The number of nitrogens with zero attached hydrogens (tertiary/aromatic N) is 1. The number of aromatic nitrogens is 1. The third-order valence-electron chi connectivity index (χ3n) is 7.76. The van der Waals surface area contributed by atoms with Gasteiger partial charge in [0.2, 0.25) is 5.75 Å². The topological polar surface area (TPSA) is 96.0 Å². The largest absolute Gasteiger partial charge is 0.493 e. The van der Waals surface area contributed by atoms with Crippen molar-refractivity contribution < 1.29 is 28.5 Å². The van der Waals surface area contributed by atoms with Crippen LogP contribution in [0, 0.1) is 11.3 Å². The molecule has 1 atom stereocenters. The Balaban J connectivity index is 1.57. The zero-order valence-corrected chi connectivity index (χ0v) is 23.0. The molecule has 1 amide bonds. The lowest BCUT2D eigenvalue weighted by molar-refractivity contribution is -0.119. The average Bonchev–Trinajstić information content (AvgIpc) is 2.93. The van der Waals surface area contributed by atoms with E-state index in [1.165, 1.54) is 21.3 Å². The number of ether oxygens (including phenoxy) is 4. The van der Waals surface area contributed by atoms with E-state index in [9.17, 15) is 9.59 Å². The van der Waals surface area contributed by atoms with Crippen LogP contribution >= 0.6 is 0 Å². The number of para-hydroxylation sites is 1. The summed E-state index contributed by atoms with van der Waals surface area (Å²) >= 11 is 0. The van der Waals surface area contributed by atoms with Crippen molar-refractivity contribution in [1.82, 2.24) is 4.98 Å². The Kier molecular flexibility index (Phi) is 8.09. The number of hydrogen-bond acceptors (Lipinski definition) is 7. The molecule has 1 aromatic heterocycles. The Morgan fingerprint density at radius 2 is 1.74 bits per heavy atom. The number of methoxy groups -OCH3 is 3. The highest BCUT2D eigenvalue weighted by molar-refractivity contribution is 6.06. The van der Waals surface area contributed by atoms with E-state index in [0.29, 0.717) is 34.4 Å². The van der Waals surface area contributed by atoms with Crippen LogP contribution in [0.5, 0.6) is 17.2 Å². The molecule has 0 saturated carbocycles. The quantitative estimate of drug-likeness (QED) is 0.367. The highest BCUT2D eigenvalue weighted by Gasteiger charge is 2.34. The average molecular weight is 521 g/mol. The van der Waals surface area contributed by atoms with Crippen LogP contribution in [0.25, 0.3) is 10.9 Å². The maximum atomic E-state index is 13.5. The Labute approximate surface area is 223 Å². The second-order valence-corrected chi connectivity index (χ2v) is 10.2. The molecule has 38 heavy (non-hydrogen) atoms. The Hall–Kier alpha value is -3.81. The van der Waals surface area contributed by atoms with Gasteiger partial charge >= 0.3 is 5.97 Å². The molecule has 2 aromatic carbocycles. The van der Waals surface area contributed by atoms with Crippen LogP contribution in [0.1, 0.15) is 55.2 Å². The zero-order chi connectivity index (χ0) is 27.4. The van der Waals surface area contributed by atoms with Gasteiger partial charge in [0.05, 0.1) is 32.4 Å². The summed E-state index contributed by atoms with van der Waals surface area (Å²) in [7, 11) is 4.50. The van der Waals surface area contributed by atoms with Gasteiger partial charge in [-0.3, -0.25) is 9.78 Å². The van der Waals surface area contributed by atoms with Crippen molar-refractivity contribution in [3.63, 3.8) is 0 Å². The molecule has 4 rings (SSSR count). The van der Waals surface area contributed by atoms with Crippen LogP contribution in [0.3, 0.4) is 0 Å². The molecule has 0 spiro atoms. The van der Waals surface area contributed by atoms with E-state index in [1.807, 2.05) is 24.3 Å². The van der Waals surface area contributed by atoms with Gasteiger partial charge in [0, 0.05) is 28.9 Å². The molecule has 0 bridgehead atoms. The van der Waals surface area contributed by atoms with E-state index >= 15 is 0 Å². The van der Waals surface area contributed by atoms with Crippen LogP contribution in [0.15, 0.2) is 36.4 Å². The van der Waals surface area contributed by atoms with Gasteiger partial charge in [0.1, 0.15) is 0 Å². The molecule has 3 aromatic rings. The Morgan fingerprint density at radius 1 is 1.05 bits per heavy atom. The van der Waals surface area contributed by atoms with Crippen LogP contribution in [-0.2, 0) is 22.4 Å². The lowest BCUT2D eigenvalue weighted by atomic mass is 9.68. The van der Waals surface area contributed by atoms with Crippen molar-refractivity contribution >= 4 is 28.5 Å². The SMILES string of the molecule is CCC(C)(C)C1CCc2nc3ccccc3c(C(=O)OCC(=O)Nc3cc(OC)c(OC)c(OC)c3)c2C1. The van der Waals surface area contributed by atoms with Crippen molar-refractivity contribution in [3.8, 4) is 17.2 Å². The van der Waals surface area contributed by atoms with Gasteiger partial charge in [0.25, 0.3) is 5.91 Å². The highest BCUT2D eigenvalue weighted by atomic mass is 16.5. The minimum Gasteiger partial charge on any atom is -0.493 e. The van der Waals surface area contributed by atoms with Gasteiger partial charge in [-0.1, -0.05) is 45.4 Å². The number of rotatable bonds is 9. The summed E-state index contributed by atoms with van der Waals surface area (Å²) in [6.07, 6.45) is 3.66. The summed E-state index contributed by atoms with van der Waals surface area (Å²) in [6, 6.07) is 10.8. The van der Waals surface area contributed by atoms with Crippen LogP contribution in [0.4, 0.5) is 5.69 Å². The van der Waals surface area contributed by atoms with E-state index in [4.69, 9.17) is 23.9 Å². The van der Waals surface area contributed by atoms with E-state index in [1.54, 1.807) is 12.1 Å². The molecule has 202 valence electrons. The Morgan fingerprint density at radius 3 is 2.37 bits per heavy atom. The first-order valence-electron chi connectivity index (χ1n) is 12.9. The monoisotopic (exact) mass is 520 g/mol. The van der Waals surface area contributed by atoms with Gasteiger partial charge in [0.15, 0.2) is 18.1 Å². The number of carbonyl (C=O) groups excluding carboxylic acids is 2. The number of anilines is 1. The fraction of sp³-hybridized carbons (Fsp3) is 0.433. The predicted molar refractivity (Wildman–Crippen MR) is 146 cm³/mol. The number of aryl methyl sites for hydroxylation is 1. The normalized spacial score (nSPS) is 14.9. The summed E-state index contributed by atoms with van der Waals surface area (Å²) in [6.45, 7) is 6.33. The standard InChI is InChI=1S/C30H36N2O6/c1-7-30(2,3)18-12-13-23-21(14-18)27(20-10-8-9-11-22(20)32-23)29(34)38-17-26(33)31-19-15-24(35-4)28(37-6)25(16-19)36-5/h8-11,15-16,18H,7,12-14,17H2,1-6H3,(H,31,33). The molecule has 1 aliphatic rings. The number of hydrogen-bond donors (Lipinski definition) is 1. The van der Waals surface area contributed by atoms with Crippen molar-refractivity contribution in [2.45, 2.75) is 46.5 Å². The van der Waals surface area contributed by atoms with Gasteiger partial charge < -0.3 is 24.3 Å². The Bertz CT molecular complexity index is 1330. The molecule has 8 nitrogen and oxygen atoms in total. The maximum Gasteiger partial charge on any atom is 0.339 e. The number of esters is 1. The smallest absolute Gasteiger partial charge is 0.339 e.